The van der Waals surface area contributed by atoms with Gasteiger partial charge in [-0.1, -0.05) is 20.8 Å². The Balaban J connectivity index is 3.45. The Morgan fingerprint density at radius 3 is 2.17 bits per heavy atom. The highest BCUT2D eigenvalue weighted by Gasteiger charge is 2.28. The average molecular weight is 251 g/mol. The minimum Gasteiger partial charge on any atom is -0.478 e. The predicted molar refractivity (Wildman–Crippen MR) is 69.9 cm³/mol. The average Bonchev–Trinajstić information content (AvgIpc) is 2.27. The van der Waals surface area contributed by atoms with Gasteiger partial charge in [0.05, 0.1) is 17.0 Å². The number of ether oxygens (including phenoxy) is 1. The fourth-order valence-electron chi connectivity index (χ4n) is 1.64. The van der Waals surface area contributed by atoms with Crippen LogP contribution in [0.3, 0.4) is 0 Å². The molecule has 100 valence electrons. The summed E-state index contributed by atoms with van der Waals surface area (Å²) < 4.78 is 5.38. The van der Waals surface area contributed by atoms with E-state index < -0.39 is 11.6 Å². The van der Waals surface area contributed by atoms with Crippen LogP contribution < -0.4 is 0 Å². The van der Waals surface area contributed by atoms with E-state index in [1.54, 1.807) is 19.2 Å². The molecule has 0 amide bonds. The first-order valence-corrected chi connectivity index (χ1v) is 5.90. The van der Waals surface area contributed by atoms with Crippen molar-refractivity contribution in [3.8, 4) is 0 Å². The van der Waals surface area contributed by atoms with Crippen LogP contribution in [-0.2, 0) is 15.8 Å². The lowest BCUT2D eigenvalue weighted by Crippen LogP contribution is -2.26. The van der Waals surface area contributed by atoms with E-state index in [0.29, 0.717) is 5.69 Å². The molecule has 0 saturated carbocycles. The second-order valence-corrected chi connectivity index (χ2v) is 5.86. The molecule has 0 atom stereocenters. The zero-order valence-corrected chi connectivity index (χ0v) is 11.9. The molecule has 1 rings (SSSR count). The highest BCUT2D eigenvalue weighted by atomic mass is 16.5. The first-order chi connectivity index (χ1) is 8.09. The Kier molecular flexibility index (Phi) is 3.81. The van der Waals surface area contributed by atoms with Crippen molar-refractivity contribution in [1.82, 2.24) is 4.98 Å². The van der Waals surface area contributed by atoms with Gasteiger partial charge in [-0.05, 0) is 26.0 Å². The minimum absolute atomic E-state index is 0.248. The summed E-state index contributed by atoms with van der Waals surface area (Å²) >= 11 is 0. The van der Waals surface area contributed by atoms with Crippen LogP contribution in [0.15, 0.2) is 12.1 Å². The number of pyridine rings is 1. The van der Waals surface area contributed by atoms with Crippen LogP contribution in [0.5, 0.6) is 0 Å². The number of aromatic nitrogens is 1. The summed E-state index contributed by atoms with van der Waals surface area (Å²) in [5.41, 5.74) is 0.709. The van der Waals surface area contributed by atoms with Crippen LogP contribution in [0.2, 0.25) is 0 Å². The van der Waals surface area contributed by atoms with Gasteiger partial charge in [-0.15, -0.1) is 0 Å². The van der Waals surface area contributed by atoms with Crippen LogP contribution in [0.25, 0.3) is 0 Å². The van der Waals surface area contributed by atoms with Crippen LogP contribution >= 0.6 is 0 Å². The largest absolute Gasteiger partial charge is 0.478 e. The lowest BCUT2D eigenvalue weighted by Gasteiger charge is -2.26. The third-order valence-corrected chi connectivity index (χ3v) is 2.96. The molecule has 1 aromatic heterocycles. The fourth-order valence-corrected chi connectivity index (χ4v) is 1.64. The maximum absolute atomic E-state index is 11.2. The topological polar surface area (TPSA) is 59.4 Å². The number of nitrogens with zero attached hydrogens (tertiary/aromatic N) is 1. The number of rotatable bonds is 3. The van der Waals surface area contributed by atoms with Gasteiger partial charge < -0.3 is 9.84 Å². The summed E-state index contributed by atoms with van der Waals surface area (Å²) in [5.74, 6) is -0.950. The smallest absolute Gasteiger partial charge is 0.337 e. The molecule has 0 aliphatic rings. The molecular weight excluding hydrogens is 230 g/mol. The standard InChI is InChI=1S/C14H21NO3/c1-13(2,3)11-9(12(16)17)7-8-10(15-11)14(4,5)18-6/h7-8H,1-6H3,(H,16,17). The first kappa shape index (κ1) is 14.6. The van der Waals surface area contributed by atoms with Crippen LogP contribution in [-0.4, -0.2) is 23.2 Å². The molecule has 0 saturated heterocycles. The highest BCUT2D eigenvalue weighted by Crippen LogP contribution is 2.28. The molecule has 0 aliphatic carbocycles. The molecule has 0 radical (unpaired) electrons. The van der Waals surface area contributed by atoms with Crippen molar-refractivity contribution in [3.05, 3.63) is 29.1 Å². The number of carboxylic acids is 1. The Bertz CT molecular complexity index is 459. The number of aromatic carboxylic acids is 1. The van der Waals surface area contributed by atoms with Gasteiger partial charge in [0.2, 0.25) is 0 Å². The molecule has 4 nitrogen and oxygen atoms in total. The van der Waals surface area contributed by atoms with E-state index in [1.807, 2.05) is 34.6 Å². The maximum Gasteiger partial charge on any atom is 0.337 e. The zero-order chi connectivity index (χ0) is 14.1. The predicted octanol–water partition coefficient (Wildman–Crippen LogP) is 2.96. The number of hydrogen-bond acceptors (Lipinski definition) is 3. The number of carboxylic acid groups (broad SMARTS) is 1. The Labute approximate surface area is 108 Å². The van der Waals surface area contributed by atoms with Crippen molar-refractivity contribution in [1.29, 1.82) is 0 Å². The minimum atomic E-state index is -0.950. The SMILES string of the molecule is COC(C)(C)c1ccc(C(=O)O)c(C(C)(C)C)n1. The molecule has 18 heavy (non-hydrogen) atoms. The molecule has 0 aliphatic heterocycles. The van der Waals surface area contributed by atoms with E-state index >= 15 is 0 Å². The molecule has 1 N–H and O–H groups in total. The summed E-state index contributed by atoms with van der Waals surface area (Å²) in [6.45, 7) is 9.66. The van der Waals surface area contributed by atoms with Gasteiger partial charge in [0.1, 0.15) is 5.60 Å². The Morgan fingerprint density at radius 2 is 1.78 bits per heavy atom. The summed E-state index contributed by atoms with van der Waals surface area (Å²) in [7, 11) is 1.61. The third-order valence-electron chi connectivity index (χ3n) is 2.96. The van der Waals surface area contributed by atoms with Gasteiger partial charge in [-0.25, -0.2) is 4.79 Å². The summed E-state index contributed by atoms with van der Waals surface area (Å²) in [6, 6.07) is 3.31. The number of methoxy groups -OCH3 is 1. The maximum atomic E-state index is 11.2. The normalized spacial score (nSPS) is 12.6. The second-order valence-electron chi connectivity index (χ2n) is 5.86. The third kappa shape index (κ3) is 2.88. The van der Waals surface area contributed by atoms with E-state index in [-0.39, 0.29) is 11.0 Å². The quantitative estimate of drug-likeness (QED) is 0.897. The van der Waals surface area contributed by atoms with E-state index in [0.717, 1.165) is 5.69 Å². The summed E-state index contributed by atoms with van der Waals surface area (Å²) in [4.78, 5) is 15.7. The van der Waals surface area contributed by atoms with Gasteiger partial charge in [0.25, 0.3) is 0 Å². The molecule has 0 aromatic carbocycles. The molecule has 1 heterocycles. The van der Waals surface area contributed by atoms with E-state index in [1.165, 1.54) is 0 Å². The zero-order valence-electron chi connectivity index (χ0n) is 11.9. The molecular formula is C14H21NO3. The number of hydrogen-bond donors (Lipinski definition) is 1. The monoisotopic (exact) mass is 251 g/mol. The van der Waals surface area contributed by atoms with Crippen molar-refractivity contribution in [2.24, 2.45) is 0 Å². The van der Waals surface area contributed by atoms with Gasteiger partial charge >= 0.3 is 5.97 Å². The van der Waals surface area contributed by atoms with E-state index in [4.69, 9.17) is 4.74 Å². The molecule has 1 aromatic rings. The van der Waals surface area contributed by atoms with Gasteiger partial charge in [-0.3, -0.25) is 4.98 Å². The molecule has 0 bridgehead atoms. The van der Waals surface area contributed by atoms with E-state index in [2.05, 4.69) is 4.98 Å². The van der Waals surface area contributed by atoms with Crippen molar-refractivity contribution in [3.63, 3.8) is 0 Å². The van der Waals surface area contributed by atoms with Crippen LogP contribution in [0.4, 0.5) is 0 Å². The highest BCUT2D eigenvalue weighted by molar-refractivity contribution is 5.89. The molecule has 0 spiro atoms. The lowest BCUT2D eigenvalue weighted by molar-refractivity contribution is 0.0151. The Hall–Kier alpha value is -1.42. The van der Waals surface area contributed by atoms with Crippen molar-refractivity contribution >= 4 is 5.97 Å². The van der Waals surface area contributed by atoms with Gasteiger partial charge in [0.15, 0.2) is 0 Å². The van der Waals surface area contributed by atoms with Crippen LogP contribution in [0, 0.1) is 0 Å². The Morgan fingerprint density at radius 1 is 1.22 bits per heavy atom. The van der Waals surface area contributed by atoms with Gasteiger partial charge in [0, 0.05) is 12.5 Å². The lowest BCUT2D eigenvalue weighted by atomic mass is 9.87. The molecule has 0 unspecified atom stereocenters. The van der Waals surface area contributed by atoms with Crippen LogP contribution in [0.1, 0.15) is 56.4 Å². The van der Waals surface area contributed by atoms with Gasteiger partial charge in [-0.2, -0.15) is 0 Å². The van der Waals surface area contributed by atoms with Crippen molar-refractivity contribution in [2.45, 2.75) is 45.6 Å². The summed E-state index contributed by atoms with van der Waals surface area (Å²) in [5, 5.41) is 9.21. The second kappa shape index (κ2) is 4.69. The van der Waals surface area contributed by atoms with Crippen molar-refractivity contribution < 1.29 is 14.6 Å². The number of carbonyl (C=O) groups is 1. The van der Waals surface area contributed by atoms with E-state index in [9.17, 15) is 9.90 Å². The van der Waals surface area contributed by atoms with Crippen molar-refractivity contribution in [2.75, 3.05) is 7.11 Å². The molecule has 4 heteroatoms. The first-order valence-electron chi connectivity index (χ1n) is 5.90. The fraction of sp³-hybridized carbons (Fsp3) is 0.571. The molecule has 0 fully saturated rings. The summed E-state index contributed by atoms with van der Waals surface area (Å²) in [6.07, 6.45) is 0.